The van der Waals surface area contributed by atoms with E-state index in [1.165, 1.54) is 6.20 Å². The second kappa shape index (κ2) is 5.07. The molecule has 5 heteroatoms. The van der Waals surface area contributed by atoms with Crippen LogP contribution in [0.1, 0.15) is 43.0 Å². The number of aromatic nitrogens is 2. The van der Waals surface area contributed by atoms with Crippen molar-refractivity contribution in [3.8, 4) is 0 Å². The Balaban J connectivity index is 3.05. The molecular formula is C10H13ClN2O2. The highest BCUT2D eigenvalue weighted by molar-refractivity contribution is 6.33. The Bertz CT molecular complexity index is 366. The van der Waals surface area contributed by atoms with E-state index >= 15 is 0 Å². The summed E-state index contributed by atoms with van der Waals surface area (Å²) in [6, 6.07) is 0. The Labute approximate surface area is 93.6 Å². The standard InChI is InChI=1S/C10H13ClN2O2/c1-4-15-10(14)8-7(11)5-12-9(13-8)6(2)3/h5-6H,4H2,1-3H3. The highest BCUT2D eigenvalue weighted by atomic mass is 35.5. The van der Waals surface area contributed by atoms with E-state index in [4.69, 9.17) is 16.3 Å². The molecule has 1 heterocycles. The summed E-state index contributed by atoms with van der Waals surface area (Å²) in [7, 11) is 0. The molecule has 0 saturated carbocycles. The van der Waals surface area contributed by atoms with E-state index < -0.39 is 5.97 Å². The average molecular weight is 229 g/mol. The molecule has 15 heavy (non-hydrogen) atoms. The first-order valence-electron chi connectivity index (χ1n) is 4.75. The van der Waals surface area contributed by atoms with Gasteiger partial charge < -0.3 is 4.74 Å². The Hall–Kier alpha value is -1.16. The molecule has 0 aromatic carbocycles. The molecule has 0 aliphatic heterocycles. The van der Waals surface area contributed by atoms with Gasteiger partial charge in [0, 0.05) is 5.92 Å². The topological polar surface area (TPSA) is 52.1 Å². The molecule has 0 fully saturated rings. The molecule has 0 bridgehead atoms. The molecule has 1 aromatic rings. The van der Waals surface area contributed by atoms with E-state index in [1.807, 2.05) is 13.8 Å². The van der Waals surface area contributed by atoms with E-state index in [-0.39, 0.29) is 16.6 Å². The van der Waals surface area contributed by atoms with Crippen LogP contribution in [0.2, 0.25) is 5.02 Å². The lowest BCUT2D eigenvalue weighted by Gasteiger charge is -2.07. The van der Waals surface area contributed by atoms with Crippen molar-refractivity contribution in [2.24, 2.45) is 0 Å². The van der Waals surface area contributed by atoms with E-state index in [0.29, 0.717) is 12.4 Å². The van der Waals surface area contributed by atoms with Crippen LogP contribution in [0.15, 0.2) is 6.20 Å². The lowest BCUT2D eigenvalue weighted by Crippen LogP contribution is -2.11. The Morgan fingerprint density at radius 2 is 2.27 bits per heavy atom. The number of ether oxygens (including phenoxy) is 1. The van der Waals surface area contributed by atoms with Crippen molar-refractivity contribution in [2.75, 3.05) is 6.61 Å². The van der Waals surface area contributed by atoms with Crippen molar-refractivity contribution in [1.29, 1.82) is 0 Å². The number of carbonyl (C=O) groups is 1. The number of hydrogen-bond acceptors (Lipinski definition) is 4. The van der Waals surface area contributed by atoms with Crippen LogP contribution in [0.4, 0.5) is 0 Å². The van der Waals surface area contributed by atoms with Crippen LogP contribution in [-0.2, 0) is 4.74 Å². The van der Waals surface area contributed by atoms with Gasteiger partial charge >= 0.3 is 5.97 Å². The number of halogens is 1. The molecule has 1 aromatic heterocycles. The van der Waals surface area contributed by atoms with Crippen LogP contribution in [0.25, 0.3) is 0 Å². The molecule has 0 unspecified atom stereocenters. The summed E-state index contributed by atoms with van der Waals surface area (Å²) in [5.41, 5.74) is 0.136. The largest absolute Gasteiger partial charge is 0.461 e. The van der Waals surface area contributed by atoms with Gasteiger partial charge in [-0.25, -0.2) is 14.8 Å². The first kappa shape index (κ1) is 11.9. The fourth-order valence-electron chi connectivity index (χ4n) is 1.00. The van der Waals surface area contributed by atoms with E-state index in [1.54, 1.807) is 6.92 Å². The smallest absolute Gasteiger partial charge is 0.358 e. The number of carbonyl (C=O) groups excluding carboxylic acids is 1. The maximum Gasteiger partial charge on any atom is 0.358 e. The average Bonchev–Trinajstić information content (AvgIpc) is 2.18. The van der Waals surface area contributed by atoms with Gasteiger partial charge in [0.1, 0.15) is 5.82 Å². The third kappa shape index (κ3) is 2.89. The third-order valence-corrected chi connectivity index (χ3v) is 2.02. The minimum atomic E-state index is -0.508. The summed E-state index contributed by atoms with van der Waals surface area (Å²) in [6.45, 7) is 5.92. The summed E-state index contributed by atoms with van der Waals surface area (Å²) < 4.78 is 4.83. The highest BCUT2D eigenvalue weighted by Gasteiger charge is 2.16. The highest BCUT2D eigenvalue weighted by Crippen LogP contribution is 2.16. The molecule has 0 aliphatic carbocycles. The van der Waals surface area contributed by atoms with E-state index in [0.717, 1.165) is 0 Å². The zero-order valence-electron chi connectivity index (χ0n) is 8.95. The summed E-state index contributed by atoms with van der Waals surface area (Å²) in [5, 5.41) is 0.220. The zero-order valence-corrected chi connectivity index (χ0v) is 9.71. The lowest BCUT2D eigenvalue weighted by atomic mass is 10.2. The first-order chi connectivity index (χ1) is 7.06. The SMILES string of the molecule is CCOC(=O)c1nc(C(C)C)ncc1Cl. The zero-order chi connectivity index (χ0) is 11.4. The van der Waals surface area contributed by atoms with E-state index in [2.05, 4.69) is 9.97 Å². The van der Waals surface area contributed by atoms with Gasteiger partial charge in [-0.05, 0) is 6.92 Å². The number of rotatable bonds is 3. The van der Waals surface area contributed by atoms with Crippen molar-refractivity contribution in [2.45, 2.75) is 26.7 Å². The van der Waals surface area contributed by atoms with Crippen LogP contribution in [0.3, 0.4) is 0 Å². The van der Waals surface area contributed by atoms with Crippen molar-refractivity contribution in [1.82, 2.24) is 9.97 Å². The molecule has 0 atom stereocenters. The normalized spacial score (nSPS) is 10.5. The Kier molecular flexibility index (Phi) is 4.03. The Morgan fingerprint density at radius 1 is 1.60 bits per heavy atom. The predicted molar refractivity (Wildman–Crippen MR) is 57.1 cm³/mol. The molecule has 0 spiro atoms. The van der Waals surface area contributed by atoms with Crippen LogP contribution in [0.5, 0.6) is 0 Å². The molecule has 0 N–H and O–H groups in total. The fraction of sp³-hybridized carbons (Fsp3) is 0.500. The maximum atomic E-state index is 11.4. The minimum absolute atomic E-state index is 0.136. The van der Waals surface area contributed by atoms with Crippen molar-refractivity contribution in [3.63, 3.8) is 0 Å². The van der Waals surface area contributed by atoms with Crippen LogP contribution < -0.4 is 0 Å². The van der Waals surface area contributed by atoms with Crippen molar-refractivity contribution >= 4 is 17.6 Å². The van der Waals surface area contributed by atoms with Crippen LogP contribution >= 0.6 is 11.6 Å². The second-order valence-electron chi connectivity index (χ2n) is 3.30. The monoisotopic (exact) mass is 228 g/mol. The minimum Gasteiger partial charge on any atom is -0.461 e. The number of esters is 1. The Morgan fingerprint density at radius 3 is 2.80 bits per heavy atom. The van der Waals surface area contributed by atoms with Gasteiger partial charge in [-0.3, -0.25) is 0 Å². The number of nitrogens with zero attached hydrogens (tertiary/aromatic N) is 2. The van der Waals surface area contributed by atoms with Gasteiger partial charge in [-0.1, -0.05) is 25.4 Å². The van der Waals surface area contributed by atoms with Gasteiger partial charge in [0.05, 0.1) is 17.8 Å². The molecule has 0 radical (unpaired) electrons. The molecule has 0 amide bonds. The summed E-state index contributed by atoms with van der Waals surface area (Å²) in [4.78, 5) is 19.5. The molecule has 4 nitrogen and oxygen atoms in total. The fourth-order valence-corrected chi connectivity index (χ4v) is 1.17. The predicted octanol–water partition coefficient (Wildman–Crippen LogP) is 2.43. The molecular weight excluding hydrogens is 216 g/mol. The van der Waals surface area contributed by atoms with Crippen LogP contribution in [0, 0.1) is 0 Å². The molecule has 0 aliphatic rings. The summed E-state index contributed by atoms with van der Waals surface area (Å²) in [6.07, 6.45) is 1.43. The summed E-state index contributed by atoms with van der Waals surface area (Å²) >= 11 is 5.81. The van der Waals surface area contributed by atoms with Gasteiger partial charge in [0.25, 0.3) is 0 Å². The molecule has 82 valence electrons. The van der Waals surface area contributed by atoms with Gasteiger partial charge in [0.15, 0.2) is 5.69 Å². The number of hydrogen-bond donors (Lipinski definition) is 0. The third-order valence-electron chi connectivity index (χ3n) is 1.75. The molecule has 1 rings (SSSR count). The van der Waals surface area contributed by atoms with Crippen molar-refractivity contribution in [3.05, 3.63) is 22.7 Å². The second-order valence-corrected chi connectivity index (χ2v) is 3.71. The summed E-state index contributed by atoms with van der Waals surface area (Å²) in [5.74, 6) is 0.227. The first-order valence-corrected chi connectivity index (χ1v) is 5.13. The van der Waals surface area contributed by atoms with E-state index in [9.17, 15) is 4.79 Å². The van der Waals surface area contributed by atoms with Gasteiger partial charge in [0.2, 0.25) is 0 Å². The van der Waals surface area contributed by atoms with Crippen LogP contribution in [-0.4, -0.2) is 22.5 Å². The molecule has 0 saturated heterocycles. The maximum absolute atomic E-state index is 11.4. The quantitative estimate of drug-likeness (QED) is 0.746. The lowest BCUT2D eigenvalue weighted by molar-refractivity contribution is 0.0519. The van der Waals surface area contributed by atoms with Gasteiger partial charge in [-0.15, -0.1) is 0 Å². The van der Waals surface area contributed by atoms with Gasteiger partial charge in [-0.2, -0.15) is 0 Å². The van der Waals surface area contributed by atoms with Crippen molar-refractivity contribution < 1.29 is 9.53 Å².